The van der Waals surface area contributed by atoms with Crippen molar-refractivity contribution in [3.05, 3.63) is 42.0 Å². The second-order valence-corrected chi connectivity index (χ2v) is 5.03. The molecule has 0 spiro atoms. The summed E-state index contributed by atoms with van der Waals surface area (Å²) in [5.41, 5.74) is 0. The van der Waals surface area contributed by atoms with Gasteiger partial charge in [-0.1, -0.05) is 23.4 Å². The quantitative estimate of drug-likeness (QED) is 0.775. The number of carbonyl (C=O) groups is 1. The number of thioether (sulfide) groups is 1. The van der Waals surface area contributed by atoms with E-state index in [4.69, 9.17) is 4.52 Å². The number of aromatic nitrogens is 2. The molecule has 0 aliphatic heterocycles. The third-order valence-corrected chi connectivity index (χ3v) is 3.58. The van der Waals surface area contributed by atoms with E-state index < -0.39 is 0 Å². The first-order valence-corrected chi connectivity index (χ1v) is 6.66. The molecule has 0 fully saturated rings. The number of carbonyl (C=O) groups excluding carboxylic acids is 1. The van der Waals surface area contributed by atoms with Crippen LogP contribution in [0, 0.1) is 0 Å². The van der Waals surface area contributed by atoms with E-state index in [9.17, 15) is 4.79 Å². The molecule has 0 aliphatic rings. The Bertz CT molecular complexity index is 525. The SMILES string of the molecule is CC(=O)C(C)c1nc(CSc2ccccc2)no1. The lowest BCUT2D eigenvalue weighted by Crippen LogP contribution is -2.04. The molecule has 1 aromatic heterocycles. The summed E-state index contributed by atoms with van der Waals surface area (Å²) < 4.78 is 5.08. The van der Waals surface area contributed by atoms with Crippen LogP contribution in [0.15, 0.2) is 39.8 Å². The van der Waals surface area contributed by atoms with E-state index in [1.54, 1.807) is 18.7 Å². The summed E-state index contributed by atoms with van der Waals surface area (Å²) in [6.07, 6.45) is 0. The minimum Gasteiger partial charge on any atom is -0.339 e. The van der Waals surface area contributed by atoms with E-state index in [0.29, 0.717) is 17.5 Å². The Morgan fingerprint density at radius 1 is 1.39 bits per heavy atom. The van der Waals surface area contributed by atoms with Crippen molar-refractivity contribution in [2.45, 2.75) is 30.4 Å². The minimum atomic E-state index is -0.326. The van der Waals surface area contributed by atoms with Crippen LogP contribution in [0.4, 0.5) is 0 Å². The molecule has 0 aliphatic carbocycles. The molecule has 1 atom stereocenters. The second kappa shape index (κ2) is 5.82. The van der Waals surface area contributed by atoms with E-state index in [1.165, 1.54) is 6.92 Å². The Morgan fingerprint density at radius 3 is 2.78 bits per heavy atom. The van der Waals surface area contributed by atoms with Crippen LogP contribution in [-0.2, 0) is 10.5 Å². The highest BCUT2D eigenvalue weighted by Crippen LogP contribution is 2.22. The van der Waals surface area contributed by atoms with Crippen molar-refractivity contribution >= 4 is 17.5 Å². The van der Waals surface area contributed by atoms with Gasteiger partial charge in [0.1, 0.15) is 5.78 Å². The van der Waals surface area contributed by atoms with E-state index >= 15 is 0 Å². The van der Waals surface area contributed by atoms with Crippen LogP contribution in [0.5, 0.6) is 0 Å². The first-order chi connectivity index (χ1) is 8.66. The Balaban J connectivity index is 1.97. The van der Waals surface area contributed by atoms with Gasteiger partial charge in [-0.3, -0.25) is 4.79 Å². The van der Waals surface area contributed by atoms with Crippen LogP contribution in [0.2, 0.25) is 0 Å². The van der Waals surface area contributed by atoms with Crippen molar-refractivity contribution in [2.75, 3.05) is 0 Å². The summed E-state index contributed by atoms with van der Waals surface area (Å²) in [6, 6.07) is 10.0. The molecule has 5 heteroatoms. The lowest BCUT2D eigenvalue weighted by molar-refractivity contribution is -0.118. The summed E-state index contributed by atoms with van der Waals surface area (Å²) in [4.78, 5) is 16.6. The van der Waals surface area contributed by atoms with Gasteiger partial charge >= 0.3 is 0 Å². The number of benzene rings is 1. The first kappa shape index (κ1) is 12.8. The van der Waals surface area contributed by atoms with Gasteiger partial charge in [0.2, 0.25) is 5.89 Å². The van der Waals surface area contributed by atoms with Crippen molar-refractivity contribution < 1.29 is 9.32 Å². The monoisotopic (exact) mass is 262 g/mol. The molecule has 94 valence electrons. The van der Waals surface area contributed by atoms with Crippen LogP contribution < -0.4 is 0 Å². The molecular weight excluding hydrogens is 248 g/mol. The molecule has 18 heavy (non-hydrogen) atoms. The van der Waals surface area contributed by atoms with Crippen molar-refractivity contribution in [3.63, 3.8) is 0 Å². The molecule has 2 aromatic rings. The predicted molar refractivity (Wildman–Crippen MR) is 69.4 cm³/mol. The molecule has 0 radical (unpaired) electrons. The van der Waals surface area contributed by atoms with Crippen LogP contribution in [0.3, 0.4) is 0 Å². The van der Waals surface area contributed by atoms with Crippen LogP contribution in [0.25, 0.3) is 0 Å². The Labute approximate surface area is 110 Å². The lowest BCUT2D eigenvalue weighted by atomic mass is 10.1. The highest BCUT2D eigenvalue weighted by molar-refractivity contribution is 7.98. The van der Waals surface area contributed by atoms with Gasteiger partial charge in [-0.15, -0.1) is 11.8 Å². The molecule has 0 bridgehead atoms. The molecule has 0 saturated heterocycles. The second-order valence-electron chi connectivity index (χ2n) is 3.98. The fraction of sp³-hybridized carbons (Fsp3) is 0.308. The maximum atomic E-state index is 11.2. The summed E-state index contributed by atoms with van der Waals surface area (Å²) >= 11 is 1.64. The van der Waals surface area contributed by atoms with Gasteiger partial charge in [0, 0.05) is 4.90 Å². The third-order valence-electron chi connectivity index (χ3n) is 2.58. The van der Waals surface area contributed by atoms with E-state index in [0.717, 1.165) is 4.90 Å². The maximum absolute atomic E-state index is 11.2. The lowest BCUT2D eigenvalue weighted by Gasteiger charge is -1.98. The van der Waals surface area contributed by atoms with Crippen LogP contribution >= 0.6 is 11.8 Å². The third kappa shape index (κ3) is 3.20. The molecule has 0 N–H and O–H groups in total. The summed E-state index contributed by atoms with van der Waals surface area (Å²) in [7, 11) is 0. The number of ketones is 1. The Hall–Kier alpha value is -1.62. The number of Topliss-reactive ketones (excluding diaryl/α,β-unsaturated/α-hetero) is 1. The van der Waals surface area contributed by atoms with Crippen LogP contribution in [0.1, 0.15) is 31.5 Å². The van der Waals surface area contributed by atoms with Crippen LogP contribution in [-0.4, -0.2) is 15.9 Å². The normalized spacial score (nSPS) is 12.3. The molecular formula is C13H14N2O2S. The standard InChI is InChI=1S/C13H14N2O2S/c1-9(10(2)16)13-14-12(15-17-13)8-18-11-6-4-3-5-7-11/h3-7,9H,8H2,1-2H3. The van der Waals surface area contributed by atoms with Gasteiger partial charge in [0.15, 0.2) is 5.82 Å². The maximum Gasteiger partial charge on any atom is 0.236 e. The summed E-state index contributed by atoms with van der Waals surface area (Å²) in [5.74, 6) is 1.35. The van der Waals surface area contributed by atoms with Crippen molar-refractivity contribution in [2.24, 2.45) is 0 Å². The van der Waals surface area contributed by atoms with Gasteiger partial charge in [0.25, 0.3) is 0 Å². The fourth-order valence-corrected chi connectivity index (χ4v) is 2.10. The minimum absolute atomic E-state index is 0.0286. The topological polar surface area (TPSA) is 56.0 Å². The van der Waals surface area contributed by atoms with Gasteiger partial charge in [0.05, 0.1) is 11.7 Å². The van der Waals surface area contributed by atoms with Gasteiger partial charge in [-0.05, 0) is 26.0 Å². The summed E-state index contributed by atoms with van der Waals surface area (Å²) in [5, 5.41) is 3.88. The largest absolute Gasteiger partial charge is 0.339 e. The molecule has 1 heterocycles. The van der Waals surface area contributed by atoms with Crippen molar-refractivity contribution in [1.29, 1.82) is 0 Å². The molecule has 0 amide bonds. The van der Waals surface area contributed by atoms with Gasteiger partial charge < -0.3 is 4.52 Å². The zero-order valence-corrected chi connectivity index (χ0v) is 11.1. The molecule has 4 nitrogen and oxygen atoms in total. The highest BCUT2D eigenvalue weighted by atomic mass is 32.2. The number of nitrogens with zero attached hydrogens (tertiary/aromatic N) is 2. The number of hydrogen-bond acceptors (Lipinski definition) is 5. The number of hydrogen-bond donors (Lipinski definition) is 0. The summed E-state index contributed by atoms with van der Waals surface area (Å²) in [6.45, 7) is 3.29. The van der Waals surface area contributed by atoms with E-state index in [-0.39, 0.29) is 11.7 Å². The predicted octanol–water partition coefficient (Wildman–Crippen LogP) is 3.05. The van der Waals surface area contributed by atoms with E-state index in [1.807, 2.05) is 30.3 Å². The Morgan fingerprint density at radius 2 is 2.11 bits per heavy atom. The smallest absolute Gasteiger partial charge is 0.236 e. The van der Waals surface area contributed by atoms with Crippen molar-refractivity contribution in [3.8, 4) is 0 Å². The molecule has 2 rings (SSSR count). The van der Waals surface area contributed by atoms with E-state index in [2.05, 4.69) is 10.1 Å². The highest BCUT2D eigenvalue weighted by Gasteiger charge is 2.18. The molecule has 0 saturated carbocycles. The molecule has 1 unspecified atom stereocenters. The zero-order chi connectivity index (χ0) is 13.0. The zero-order valence-electron chi connectivity index (χ0n) is 10.3. The average molecular weight is 262 g/mol. The Kier molecular flexibility index (Phi) is 4.15. The van der Waals surface area contributed by atoms with Gasteiger partial charge in [-0.25, -0.2) is 0 Å². The average Bonchev–Trinajstić information content (AvgIpc) is 2.85. The first-order valence-electron chi connectivity index (χ1n) is 5.67. The fourth-order valence-electron chi connectivity index (χ4n) is 1.34. The van der Waals surface area contributed by atoms with Crippen molar-refractivity contribution in [1.82, 2.24) is 10.1 Å². The van der Waals surface area contributed by atoms with Gasteiger partial charge in [-0.2, -0.15) is 4.98 Å². The number of rotatable bonds is 5. The molecule has 1 aromatic carbocycles.